The highest BCUT2D eigenvalue weighted by molar-refractivity contribution is 5.95. The summed E-state index contributed by atoms with van der Waals surface area (Å²) in [5, 5.41) is 2.60. The third-order valence-corrected chi connectivity index (χ3v) is 2.55. The Morgan fingerprint density at radius 3 is 2.61 bits per heavy atom. The van der Waals surface area contributed by atoms with Crippen LogP contribution < -0.4 is 10.1 Å². The Morgan fingerprint density at radius 2 is 2.17 bits per heavy atom. The summed E-state index contributed by atoms with van der Waals surface area (Å²) in [5.74, 6) is 1.76. The molecule has 0 aliphatic carbocycles. The van der Waals surface area contributed by atoms with Crippen LogP contribution in [-0.2, 0) is 0 Å². The van der Waals surface area contributed by atoms with Gasteiger partial charge in [0, 0.05) is 6.07 Å². The molecule has 0 aliphatic heterocycles. The minimum absolute atomic E-state index is 0.0447. The Morgan fingerprint density at radius 1 is 1.50 bits per heavy atom. The van der Waals surface area contributed by atoms with Crippen LogP contribution in [0.2, 0.25) is 0 Å². The van der Waals surface area contributed by atoms with Gasteiger partial charge in [-0.2, -0.15) is 0 Å². The van der Waals surface area contributed by atoms with Crippen LogP contribution in [0.15, 0.2) is 18.2 Å². The summed E-state index contributed by atoms with van der Waals surface area (Å²) < 4.78 is 18.5. The van der Waals surface area contributed by atoms with Crippen LogP contribution in [0.3, 0.4) is 0 Å². The number of carbonyl (C=O) groups is 1. The monoisotopic (exact) mass is 249 g/mol. The minimum atomic E-state index is -0.633. The van der Waals surface area contributed by atoms with Crippen LogP contribution in [0.5, 0.6) is 5.75 Å². The van der Waals surface area contributed by atoms with Crippen molar-refractivity contribution in [2.75, 3.05) is 7.11 Å². The van der Waals surface area contributed by atoms with Crippen LogP contribution in [0, 0.1) is 24.1 Å². The lowest BCUT2D eigenvalue weighted by Gasteiger charge is -2.16. The van der Waals surface area contributed by atoms with Crippen molar-refractivity contribution >= 4 is 5.91 Å². The van der Waals surface area contributed by atoms with Gasteiger partial charge in [-0.15, -0.1) is 6.42 Å². The zero-order valence-electron chi connectivity index (χ0n) is 10.7. The molecule has 0 aliphatic rings. The molecule has 1 aromatic carbocycles. The molecule has 3 nitrogen and oxygen atoms in total. The van der Waals surface area contributed by atoms with Crippen LogP contribution >= 0.6 is 0 Å². The maximum Gasteiger partial charge on any atom is 0.255 e. The van der Waals surface area contributed by atoms with Gasteiger partial charge in [0.2, 0.25) is 0 Å². The van der Waals surface area contributed by atoms with Crippen LogP contribution in [0.1, 0.15) is 24.2 Å². The first-order valence-corrected chi connectivity index (χ1v) is 5.60. The number of methoxy groups -OCH3 is 1. The molecule has 0 bridgehead atoms. The van der Waals surface area contributed by atoms with Gasteiger partial charge >= 0.3 is 0 Å². The summed E-state index contributed by atoms with van der Waals surface area (Å²) >= 11 is 0. The van der Waals surface area contributed by atoms with E-state index in [1.54, 1.807) is 0 Å². The topological polar surface area (TPSA) is 38.3 Å². The molecule has 0 saturated heterocycles. The van der Waals surface area contributed by atoms with Gasteiger partial charge in [-0.1, -0.05) is 19.8 Å². The molecular formula is C14H16FNO2. The van der Waals surface area contributed by atoms with Gasteiger partial charge in [-0.05, 0) is 18.1 Å². The molecule has 0 fully saturated rings. The zero-order chi connectivity index (χ0) is 13.7. The average Bonchev–Trinajstić information content (AvgIpc) is 2.34. The molecule has 0 spiro atoms. The van der Waals surface area contributed by atoms with Crippen molar-refractivity contribution < 1.29 is 13.9 Å². The number of ether oxygens (including phenoxy) is 1. The first-order chi connectivity index (χ1) is 8.49. The Labute approximate surface area is 106 Å². The first kappa shape index (κ1) is 14.0. The summed E-state index contributed by atoms with van der Waals surface area (Å²) in [7, 11) is 1.43. The zero-order valence-corrected chi connectivity index (χ0v) is 10.7. The number of terminal acetylenes is 1. The minimum Gasteiger partial charge on any atom is -0.497 e. The van der Waals surface area contributed by atoms with E-state index in [9.17, 15) is 9.18 Å². The number of amides is 1. The molecule has 1 N–H and O–H groups in total. The van der Waals surface area contributed by atoms with Gasteiger partial charge in [0.05, 0.1) is 18.7 Å². The van der Waals surface area contributed by atoms with E-state index in [4.69, 9.17) is 11.2 Å². The van der Waals surface area contributed by atoms with Crippen molar-refractivity contribution in [1.82, 2.24) is 5.32 Å². The van der Waals surface area contributed by atoms with Crippen molar-refractivity contribution in [3.05, 3.63) is 29.6 Å². The number of nitrogens with one attached hydrogen (secondary N) is 1. The highest BCUT2D eigenvalue weighted by atomic mass is 19.1. The van der Waals surface area contributed by atoms with Crippen LogP contribution in [0.4, 0.5) is 4.39 Å². The Balaban J connectivity index is 2.88. The second-order valence-corrected chi connectivity index (χ2v) is 4.21. The van der Waals surface area contributed by atoms with Crippen LogP contribution in [-0.4, -0.2) is 19.1 Å². The fourth-order valence-corrected chi connectivity index (χ4v) is 1.43. The number of halogens is 1. The maximum atomic E-state index is 13.7. The summed E-state index contributed by atoms with van der Waals surface area (Å²) in [6.07, 6.45) is 5.31. The Hall–Kier alpha value is -2.02. The molecule has 1 rings (SSSR count). The lowest BCUT2D eigenvalue weighted by atomic mass is 10.0. The quantitative estimate of drug-likeness (QED) is 0.831. The lowest BCUT2D eigenvalue weighted by Crippen LogP contribution is -2.37. The molecule has 1 unspecified atom stereocenters. The Kier molecular flexibility index (Phi) is 4.73. The third-order valence-electron chi connectivity index (χ3n) is 2.55. The number of hydrogen-bond donors (Lipinski definition) is 1. The summed E-state index contributed by atoms with van der Waals surface area (Å²) in [5.41, 5.74) is -0.0447. The van der Waals surface area contributed by atoms with Crippen LogP contribution in [0.25, 0.3) is 0 Å². The molecule has 0 heterocycles. The fraction of sp³-hybridized carbons (Fsp3) is 0.357. The molecule has 4 heteroatoms. The van der Waals surface area contributed by atoms with Crippen molar-refractivity contribution in [3.8, 4) is 18.1 Å². The summed E-state index contributed by atoms with van der Waals surface area (Å²) in [6, 6.07) is 3.64. The van der Waals surface area contributed by atoms with Gasteiger partial charge in [0.1, 0.15) is 11.6 Å². The first-order valence-electron chi connectivity index (χ1n) is 5.60. The second-order valence-electron chi connectivity index (χ2n) is 4.21. The van der Waals surface area contributed by atoms with Gasteiger partial charge in [0.15, 0.2) is 0 Å². The van der Waals surface area contributed by atoms with E-state index in [2.05, 4.69) is 11.2 Å². The van der Waals surface area contributed by atoms with Gasteiger partial charge < -0.3 is 10.1 Å². The summed E-state index contributed by atoms with van der Waals surface area (Å²) in [6.45, 7) is 3.77. The van der Waals surface area contributed by atoms with E-state index in [1.165, 1.54) is 19.2 Å². The standard InChI is InChI=1S/C14H16FNO2/c1-5-13(9(2)3)16-14(17)11-7-6-10(18-4)8-12(11)15/h1,6-9,13H,2-4H3,(H,16,17). The molecule has 1 amide bonds. The number of benzene rings is 1. The van der Waals surface area contributed by atoms with Crippen molar-refractivity contribution in [1.29, 1.82) is 0 Å². The molecule has 1 aromatic rings. The molecule has 18 heavy (non-hydrogen) atoms. The predicted octanol–water partition coefficient (Wildman–Crippen LogP) is 2.22. The molecular weight excluding hydrogens is 233 g/mol. The normalized spacial score (nSPS) is 11.8. The molecule has 0 radical (unpaired) electrons. The average molecular weight is 249 g/mol. The van der Waals surface area contributed by atoms with E-state index in [0.29, 0.717) is 5.75 Å². The van der Waals surface area contributed by atoms with Crippen molar-refractivity contribution in [2.45, 2.75) is 19.9 Å². The lowest BCUT2D eigenvalue weighted by molar-refractivity contribution is 0.0934. The number of rotatable bonds is 4. The summed E-state index contributed by atoms with van der Waals surface area (Å²) in [4.78, 5) is 11.9. The third kappa shape index (κ3) is 3.24. The largest absolute Gasteiger partial charge is 0.497 e. The van der Waals surface area contributed by atoms with Gasteiger partial charge in [-0.25, -0.2) is 4.39 Å². The second kappa shape index (κ2) is 6.06. The van der Waals surface area contributed by atoms with Crippen molar-refractivity contribution in [2.24, 2.45) is 5.92 Å². The Bertz CT molecular complexity index is 477. The van der Waals surface area contributed by atoms with E-state index in [1.807, 2.05) is 13.8 Å². The van der Waals surface area contributed by atoms with Crippen molar-refractivity contribution in [3.63, 3.8) is 0 Å². The van der Waals surface area contributed by atoms with E-state index in [-0.39, 0.29) is 11.5 Å². The van der Waals surface area contributed by atoms with Gasteiger partial charge in [-0.3, -0.25) is 4.79 Å². The molecule has 1 atom stereocenters. The molecule has 0 aromatic heterocycles. The molecule has 0 saturated carbocycles. The fourth-order valence-electron chi connectivity index (χ4n) is 1.43. The van der Waals surface area contributed by atoms with E-state index >= 15 is 0 Å². The van der Waals surface area contributed by atoms with E-state index in [0.717, 1.165) is 6.07 Å². The molecule has 96 valence electrons. The smallest absolute Gasteiger partial charge is 0.255 e. The number of hydrogen-bond acceptors (Lipinski definition) is 2. The SMILES string of the molecule is C#CC(NC(=O)c1ccc(OC)cc1F)C(C)C. The van der Waals surface area contributed by atoms with Gasteiger partial charge in [0.25, 0.3) is 5.91 Å². The number of carbonyl (C=O) groups excluding carboxylic acids is 1. The predicted molar refractivity (Wildman–Crippen MR) is 67.9 cm³/mol. The highest BCUT2D eigenvalue weighted by Gasteiger charge is 2.17. The highest BCUT2D eigenvalue weighted by Crippen LogP contribution is 2.16. The van der Waals surface area contributed by atoms with E-state index < -0.39 is 17.8 Å². The maximum absolute atomic E-state index is 13.7.